The average Bonchev–Trinajstić information content (AvgIpc) is 2.45. The maximum Gasteiger partial charge on any atom is 0.124 e. The van der Waals surface area contributed by atoms with Crippen LogP contribution in [0, 0.1) is 5.82 Å². The molecule has 0 saturated heterocycles. The highest BCUT2D eigenvalue weighted by atomic mass is 35.5. The minimum atomic E-state index is -0.309. The zero-order valence-corrected chi connectivity index (χ0v) is 13.1. The minimum absolute atomic E-state index is 0.197. The highest BCUT2D eigenvalue weighted by Crippen LogP contribution is 2.19. The Bertz CT molecular complexity index is 572. The van der Waals surface area contributed by atoms with Crippen molar-refractivity contribution in [2.75, 3.05) is 20.6 Å². The van der Waals surface area contributed by atoms with E-state index in [1.165, 1.54) is 17.7 Å². The number of likely N-dealkylation sites (N-methyl/N-ethyl adjacent to an activating group) is 1. The summed E-state index contributed by atoms with van der Waals surface area (Å²) in [5, 5.41) is 3.95. The van der Waals surface area contributed by atoms with Gasteiger partial charge in [0.25, 0.3) is 0 Å². The van der Waals surface area contributed by atoms with Gasteiger partial charge in [0.15, 0.2) is 0 Å². The van der Waals surface area contributed by atoms with Gasteiger partial charge in [-0.25, -0.2) is 4.39 Å². The number of nitrogens with zero attached hydrogens (tertiary/aromatic N) is 1. The third kappa shape index (κ3) is 4.81. The smallest absolute Gasteiger partial charge is 0.124 e. The van der Waals surface area contributed by atoms with Gasteiger partial charge in [0.05, 0.1) is 0 Å². The lowest BCUT2D eigenvalue weighted by Gasteiger charge is -2.23. The zero-order valence-electron chi connectivity index (χ0n) is 12.3. The molecule has 0 aliphatic heterocycles. The largest absolute Gasteiger partial charge is 0.308 e. The second-order valence-electron chi connectivity index (χ2n) is 5.34. The molecule has 0 amide bonds. The van der Waals surface area contributed by atoms with E-state index >= 15 is 0 Å². The monoisotopic (exact) mass is 306 g/mol. The zero-order chi connectivity index (χ0) is 15.2. The fourth-order valence-corrected chi connectivity index (χ4v) is 2.47. The molecule has 0 saturated carbocycles. The quantitative estimate of drug-likeness (QED) is 0.871. The van der Waals surface area contributed by atoms with E-state index in [0.717, 1.165) is 12.1 Å². The van der Waals surface area contributed by atoms with Crippen LogP contribution in [0.1, 0.15) is 17.2 Å². The van der Waals surface area contributed by atoms with Crippen LogP contribution in [-0.2, 0) is 6.54 Å². The van der Waals surface area contributed by atoms with Crippen molar-refractivity contribution < 1.29 is 4.39 Å². The lowest BCUT2D eigenvalue weighted by Crippen LogP contribution is -2.31. The lowest BCUT2D eigenvalue weighted by atomic mass is 10.1. The molecule has 1 N–H and O–H groups in total. The van der Waals surface area contributed by atoms with Crippen molar-refractivity contribution in [2.24, 2.45) is 0 Å². The van der Waals surface area contributed by atoms with Crippen molar-refractivity contribution in [1.29, 1.82) is 0 Å². The molecule has 2 rings (SSSR count). The van der Waals surface area contributed by atoms with Crippen LogP contribution in [0.15, 0.2) is 48.5 Å². The van der Waals surface area contributed by atoms with Crippen molar-refractivity contribution in [3.05, 3.63) is 70.5 Å². The number of rotatable bonds is 6. The molecule has 112 valence electrons. The van der Waals surface area contributed by atoms with E-state index in [1.807, 2.05) is 32.3 Å². The third-order valence-corrected chi connectivity index (χ3v) is 3.66. The van der Waals surface area contributed by atoms with Crippen molar-refractivity contribution in [1.82, 2.24) is 10.2 Å². The summed E-state index contributed by atoms with van der Waals surface area (Å²) in [7, 11) is 4.09. The predicted octanol–water partition coefficient (Wildman–Crippen LogP) is 3.87. The Morgan fingerprint density at radius 3 is 2.48 bits per heavy atom. The Labute approximate surface area is 130 Å². The maximum atomic E-state index is 13.1. The molecule has 0 aromatic heterocycles. The standard InChI is InChI=1S/C17H20ClFN2/c1-21(2)12-17(13-6-4-3-5-7-13)20-11-14-8-9-15(19)10-16(14)18/h3-10,17,20H,11-12H2,1-2H3. The summed E-state index contributed by atoms with van der Waals surface area (Å²) in [5.74, 6) is -0.309. The van der Waals surface area contributed by atoms with Crippen LogP contribution >= 0.6 is 11.6 Å². The SMILES string of the molecule is CN(C)CC(NCc1ccc(F)cc1Cl)c1ccccc1. The van der Waals surface area contributed by atoms with Gasteiger partial charge >= 0.3 is 0 Å². The van der Waals surface area contributed by atoms with Gasteiger partial charge in [0, 0.05) is 24.2 Å². The van der Waals surface area contributed by atoms with Gasteiger partial charge < -0.3 is 10.2 Å². The summed E-state index contributed by atoms with van der Waals surface area (Å²) in [4.78, 5) is 2.14. The molecule has 0 bridgehead atoms. The highest BCUT2D eigenvalue weighted by molar-refractivity contribution is 6.31. The van der Waals surface area contributed by atoms with Crippen molar-refractivity contribution in [3.8, 4) is 0 Å². The maximum absolute atomic E-state index is 13.1. The average molecular weight is 307 g/mol. The summed E-state index contributed by atoms with van der Waals surface area (Å²) >= 11 is 6.07. The summed E-state index contributed by atoms with van der Waals surface area (Å²) in [6.07, 6.45) is 0. The van der Waals surface area contributed by atoms with Gasteiger partial charge in [-0.3, -0.25) is 0 Å². The van der Waals surface area contributed by atoms with Crippen LogP contribution in [0.2, 0.25) is 5.02 Å². The first kappa shape index (κ1) is 16.0. The van der Waals surface area contributed by atoms with E-state index in [4.69, 9.17) is 11.6 Å². The van der Waals surface area contributed by atoms with E-state index in [-0.39, 0.29) is 11.9 Å². The first-order valence-corrected chi connectivity index (χ1v) is 7.31. The second kappa shape index (κ2) is 7.55. The molecule has 2 aromatic carbocycles. The number of halogens is 2. The minimum Gasteiger partial charge on any atom is -0.308 e. The molecule has 0 heterocycles. The molecule has 2 aromatic rings. The summed E-state index contributed by atoms with van der Waals surface area (Å²) in [5.41, 5.74) is 2.13. The predicted molar refractivity (Wildman–Crippen MR) is 86.0 cm³/mol. The Morgan fingerprint density at radius 1 is 1.14 bits per heavy atom. The van der Waals surface area contributed by atoms with Crippen LogP contribution in [0.3, 0.4) is 0 Å². The van der Waals surface area contributed by atoms with Crippen LogP contribution in [0.25, 0.3) is 0 Å². The first-order chi connectivity index (χ1) is 10.1. The molecule has 0 radical (unpaired) electrons. The summed E-state index contributed by atoms with van der Waals surface area (Å²) < 4.78 is 13.1. The number of hydrogen-bond donors (Lipinski definition) is 1. The Kier molecular flexibility index (Phi) is 5.74. The Morgan fingerprint density at radius 2 is 1.86 bits per heavy atom. The van der Waals surface area contributed by atoms with Gasteiger partial charge in [-0.1, -0.05) is 48.0 Å². The van der Waals surface area contributed by atoms with E-state index in [9.17, 15) is 4.39 Å². The van der Waals surface area contributed by atoms with E-state index < -0.39 is 0 Å². The highest BCUT2D eigenvalue weighted by Gasteiger charge is 2.12. The van der Waals surface area contributed by atoms with E-state index in [2.05, 4.69) is 22.3 Å². The van der Waals surface area contributed by atoms with Gasteiger partial charge in [-0.15, -0.1) is 0 Å². The van der Waals surface area contributed by atoms with Crippen molar-refractivity contribution in [3.63, 3.8) is 0 Å². The Hall–Kier alpha value is -1.42. The number of benzene rings is 2. The normalized spacial score (nSPS) is 12.6. The fraction of sp³-hybridized carbons (Fsp3) is 0.294. The van der Waals surface area contributed by atoms with Crippen LogP contribution in [0.4, 0.5) is 4.39 Å². The molecule has 0 aliphatic carbocycles. The Balaban J connectivity index is 2.09. The molecule has 4 heteroatoms. The second-order valence-corrected chi connectivity index (χ2v) is 5.75. The van der Waals surface area contributed by atoms with Crippen molar-refractivity contribution >= 4 is 11.6 Å². The van der Waals surface area contributed by atoms with Crippen molar-refractivity contribution in [2.45, 2.75) is 12.6 Å². The molecule has 21 heavy (non-hydrogen) atoms. The topological polar surface area (TPSA) is 15.3 Å². The van der Waals surface area contributed by atoms with Gasteiger partial charge in [0.2, 0.25) is 0 Å². The molecule has 0 fully saturated rings. The van der Waals surface area contributed by atoms with Gasteiger partial charge in [-0.2, -0.15) is 0 Å². The molecule has 0 aliphatic rings. The number of nitrogens with one attached hydrogen (secondary N) is 1. The first-order valence-electron chi connectivity index (χ1n) is 6.93. The molecular weight excluding hydrogens is 287 g/mol. The molecule has 1 unspecified atom stereocenters. The lowest BCUT2D eigenvalue weighted by molar-refractivity contribution is 0.340. The van der Waals surface area contributed by atoms with Gasteiger partial charge in [-0.05, 0) is 37.4 Å². The summed E-state index contributed by atoms with van der Waals surface area (Å²) in [6.45, 7) is 1.48. The van der Waals surface area contributed by atoms with Crippen LogP contribution in [-0.4, -0.2) is 25.5 Å². The molecule has 1 atom stereocenters. The summed E-state index contributed by atoms with van der Waals surface area (Å²) in [6, 6.07) is 15.0. The van der Waals surface area contributed by atoms with E-state index in [0.29, 0.717) is 11.6 Å². The third-order valence-electron chi connectivity index (χ3n) is 3.30. The van der Waals surface area contributed by atoms with Crippen LogP contribution in [0.5, 0.6) is 0 Å². The molecule has 0 spiro atoms. The fourth-order valence-electron chi connectivity index (χ4n) is 2.24. The van der Waals surface area contributed by atoms with Crippen LogP contribution < -0.4 is 5.32 Å². The number of hydrogen-bond acceptors (Lipinski definition) is 2. The molecule has 2 nitrogen and oxygen atoms in total. The molecular formula is C17H20ClFN2. The van der Waals surface area contributed by atoms with Gasteiger partial charge in [0.1, 0.15) is 5.82 Å². The van der Waals surface area contributed by atoms with E-state index in [1.54, 1.807) is 6.07 Å².